The van der Waals surface area contributed by atoms with Gasteiger partial charge in [-0.15, -0.1) is 0 Å². The van der Waals surface area contributed by atoms with Crippen LogP contribution in [0.5, 0.6) is 5.88 Å². The lowest BCUT2D eigenvalue weighted by molar-refractivity contribution is -0.133. The fraction of sp³-hybridized carbons (Fsp3) is 0.643. The third-order valence-corrected chi connectivity index (χ3v) is 3.62. The van der Waals surface area contributed by atoms with Crippen molar-refractivity contribution in [1.29, 1.82) is 0 Å². The minimum absolute atomic E-state index is 0.0445. The summed E-state index contributed by atoms with van der Waals surface area (Å²) in [7, 11) is 1.58. The van der Waals surface area contributed by atoms with E-state index in [4.69, 9.17) is 10.5 Å². The van der Waals surface area contributed by atoms with Gasteiger partial charge < -0.3 is 20.3 Å². The molecule has 0 spiro atoms. The first-order valence-electron chi connectivity index (χ1n) is 7.32. The largest absolute Gasteiger partial charge is 0.481 e. The molecule has 116 valence electrons. The molecule has 0 saturated carbocycles. The van der Waals surface area contributed by atoms with Gasteiger partial charge in [0.2, 0.25) is 17.7 Å². The molecule has 1 amide bonds. The van der Waals surface area contributed by atoms with Crippen LogP contribution in [0.25, 0.3) is 0 Å². The second kappa shape index (κ2) is 7.21. The zero-order chi connectivity index (χ0) is 15.2. The average molecular weight is 293 g/mol. The highest BCUT2D eigenvalue weighted by Crippen LogP contribution is 2.15. The number of nitrogens with two attached hydrogens (primary N) is 1. The highest BCUT2D eigenvalue weighted by atomic mass is 16.5. The summed E-state index contributed by atoms with van der Waals surface area (Å²) < 4.78 is 5.10. The molecule has 0 radical (unpaired) electrons. The van der Waals surface area contributed by atoms with Gasteiger partial charge in [-0.1, -0.05) is 13.3 Å². The van der Waals surface area contributed by atoms with Crippen LogP contribution in [0.3, 0.4) is 0 Å². The molecule has 21 heavy (non-hydrogen) atoms. The van der Waals surface area contributed by atoms with E-state index in [2.05, 4.69) is 14.9 Å². The number of hydrogen-bond acceptors (Lipinski definition) is 6. The van der Waals surface area contributed by atoms with Crippen LogP contribution >= 0.6 is 0 Å². The van der Waals surface area contributed by atoms with Gasteiger partial charge in [0.15, 0.2) is 0 Å². The van der Waals surface area contributed by atoms with Crippen molar-refractivity contribution in [3.8, 4) is 5.88 Å². The summed E-state index contributed by atoms with van der Waals surface area (Å²) in [6.45, 7) is 4.74. The molecule has 1 unspecified atom stereocenters. The first-order chi connectivity index (χ1) is 10.2. The Morgan fingerprint density at radius 3 is 2.76 bits per heavy atom. The van der Waals surface area contributed by atoms with E-state index in [1.807, 2.05) is 11.8 Å². The highest BCUT2D eigenvalue weighted by molar-refractivity contribution is 5.81. The van der Waals surface area contributed by atoms with Gasteiger partial charge in [0.25, 0.3) is 0 Å². The topological polar surface area (TPSA) is 84.6 Å². The number of hydrogen-bond donors (Lipinski definition) is 1. The van der Waals surface area contributed by atoms with Gasteiger partial charge in [-0.05, 0) is 6.42 Å². The third kappa shape index (κ3) is 3.81. The van der Waals surface area contributed by atoms with Crippen LogP contribution in [0.1, 0.15) is 19.8 Å². The number of nitrogens with zero attached hydrogens (tertiary/aromatic N) is 4. The minimum atomic E-state index is -0.380. The highest BCUT2D eigenvalue weighted by Gasteiger charge is 2.25. The van der Waals surface area contributed by atoms with Gasteiger partial charge in [0.05, 0.1) is 13.2 Å². The number of carbonyl (C=O) groups is 1. The van der Waals surface area contributed by atoms with Crippen LogP contribution in [0.2, 0.25) is 0 Å². The summed E-state index contributed by atoms with van der Waals surface area (Å²) in [6.07, 6.45) is 3.33. The maximum atomic E-state index is 12.2. The second-order valence-corrected chi connectivity index (χ2v) is 5.11. The van der Waals surface area contributed by atoms with Crippen LogP contribution in [0.15, 0.2) is 12.3 Å². The number of aromatic nitrogens is 2. The summed E-state index contributed by atoms with van der Waals surface area (Å²) >= 11 is 0. The van der Waals surface area contributed by atoms with E-state index < -0.39 is 0 Å². The number of anilines is 1. The first kappa shape index (κ1) is 15.5. The van der Waals surface area contributed by atoms with Crippen molar-refractivity contribution in [2.75, 3.05) is 38.2 Å². The molecule has 1 aromatic heterocycles. The van der Waals surface area contributed by atoms with Crippen LogP contribution in [-0.4, -0.2) is 60.1 Å². The molecule has 2 N–H and O–H groups in total. The summed E-state index contributed by atoms with van der Waals surface area (Å²) in [4.78, 5) is 24.6. The van der Waals surface area contributed by atoms with Crippen molar-refractivity contribution in [2.45, 2.75) is 25.8 Å². The normalized spacial score (nSPS) is 16.7. The van der Waals surface area contributed by atoms with Gasteiger partial charge in [0, 0.05) is 38.4 Å². The number of methoxy groups -OCH3 is 1. The Labute approximate surface area is 125 Å². The molecule has 2 rings (SSSR count). The van der Waals surface area contributed by atoms with Gasteiger partial charge in [-0.3, -0.25) is 4.79 Å². The average Bonchev–Trinajstić information content (AvgIpc) is 2.54. The van der Waals surface area contributed by atoms with Crippen molar-refractivity contribution >= 4 is 11.9 Å². The lowest BCUT2D eigenvalue weighted by atomic mass is 10.1. The molecule has 0 bridgehead atoms. The van der Waals surface area contributed by atoms with E-state index in [0.717, 1.165) is 12.8 Å². The number of ether oxygens (including phenoxy) is 1. The maximum Gasteiger partial charge on any atom is 0.239 e. The lowest BCUT2D eigenvalue weighted by Crippen LogP contribution is -2.53. The standard InChI is InChI=1S/C14H23N5O2/c1-3-4-11(15)13(20)18-7-9-19(10-8-18)14-16-6-5-12(17-14)21-2/h5-6,11H,3-4,7-10,15H2,1-2H3. The van der Waals surface area contributed by atoms with Crippen LogP contribution < -0.4 is 15.4 Å². The number of rotatable bonds is 5. The Morgan fingerprint density at radius 2 is 2.14 bits per heavy atom. The molecule has 1 aliphatic rings. The summed E-state index contributed by atoms with van der Waals surface area (Å²) in [5.74, 6) is 1.23. The molecule has 1 aromatic rings. The Kier molecular flexibility index (Phi) is 5.32. The quantitative estimate of drug-likeness (QED) is 0.838. The van der Waals surface area contributed by atoms with Gasteiger partial charge >= 0.3 is 0 Å². The molecule has 7 heteroatoms. The predicted molar refractivity (Wildman–Crippen MR) is 80.3 cm³/mol. The molecule has 1 atom stereocenters. The lowest BCUT2D eigenvalue weighted by Gasteiger charge is -2.35. The Balaban J connectivity index is 1.92. The molecular weight excluding hydrogens is 270 g/mol. The van der Waals surface area contributed by atoms with E-state index in [9.17, 15) is 4.79 Å². The monoisotopic (exact) mass is 293 g/mol. The second-order valence-electron chi connectivity index (χ2n) is 5.11. The molecule has 7 nitrogen and oxygen atoms in total. The Bertz CT molecular complexity index is 474. The van der Waals surface area contributed by atoms with Crippen LogP contribution in [-0.2, 0) is 4.79 Å². The van der Waals surface area contributed by atoms with Crippen molar-refractivity contribution in [2.24, 2.45) is 5.73 Å². The molecule has 1 aliphatic heterocycles. The fourth-order valence-electron chi connectivity index (χ4n) is 2.39. The summed E-state index contributed by atoms with van der Waals surface area (Å²) in [5, 5.41) is 0. The third-order valence-electron chi connectivity index (χ3n) is 3.62. The van der Waals surface area contributed by atoms with Gasteiger partial charge in [-0.25, -0.2) is 4.98 Å². The SMILES string of the molecule is CCCC(N)C(=O)N1CCN(c2nccc(OC)n2)CC1. The van der Waals surface area contributed by atoms with E-state index in [1.165, 1.54) is 0 Å². The Morgan fingerprint density at radius 1 is 1.43 bits per heavy atom. The predicted octanol–water partition coefficient (Wildman–Crippen LogP) is 0.261. The fourth-order valence-corrected chi connectivity index (χ4v) is 2.39. The molecule has 1 saturated heterocycles. The van der Waals surface area contributed by atoms with Crippen molar-refractivity contribution in [3.63, 3.8) is 0 Å². The molecule has 1 fully saturated rings. The number of amides is 1. The van der Waals surface area contributed by atoms with Crippen LogP contribution in [0, 0.1) is 0 Å². The zero-order valence-corrected chi connectivity index (χ0v) is 12.7. The van der Waals surface area contributed by atoms with Crippen molar-refractivity contribution in [1.82, 2.24) is 14.9 Å². The summed E-state index contributed by atoms with van der Waals surface area (Å²) in [6, 6.07) is 1.34. The van der Waals surface area contributed by atoms with E-state index in [1.54, 1.807) is 19.4 Å². The van der Waals surface area contributed by atoms with Gasteiger partial charge in [0.1, 0.15) is 0 Å². The molecule has 0 aliphatic carbocycles. The minimum Gasteiger partial charge on any atom is -0.481 e. The molecule has 2 heterocycles. The molecule has 0 aromatic carbocycles. The summed E-state index contributed by atoms with van der Waals surface area (Å²) in [5.41, 5.74) is 5.90. The Hall–Kier alpha value is -1.89. The first-order valence-corrected chi connectivity index (χ1v) is 7.32. The van der Waals surface area contributed by atoms with E-state index >= 15 is 0 Å². The number of carbonyl (C=O) groups excluding carboxylic acids is 1. The van der Waals surface area contributed by atoms with Crippen LogP contribution in [0.4, 0.5) is 5.95 Å². The van der Waals surface area contributed by atoms with Gasteiger partial charge in [-0.2, -0.15) is 4.98 Å². The van der Waals surface area contributed by atoms with E-state index in [-0.39, 0.29) is 11.9 Å². The maximum absolute atomic E-state index is 12.2. The molecular formula is C14H23N5O2. The van der Waals surface area contributed by atoms with Crippen molar-refractivity contribution in [3.05, 3.63) is 12.3 Å². The number of piperazine rings is 1. The van der Waals surface area contributed by atoms with E-state index in [0.29, 0.717) is 38.0 Å². The zero-order valence-electron chi connectivity index (χ0n) is 12.7. The smallest absolute Gasteiger partial charge is 0.239 e. The van der Waals surface area contributed by atoms with Crippen molar-refractivity contribution < 1.29 is 9.53 Å².